The van der Waals surface area contributed by atoms with Crippen LogP contribution in [0.15, 0.2) is 30.6 Å². The molecule has 2 N–H and O–H groups in total. The topological polar surface area (TPSA) is 68.2 Å². The lowest BCUT2D eigenvalue weighted by Crippen LogP contribution is -2.37. The first kappa shape index (κ1) is 17.9. The molecule has 0 unspecified atom stereocenters. The Morgan fingerprint density at radius 3 is 2.75 bits per heavy atom. The van der Waals surface area contributed by atoms with Gasteiger partial charge in [0, 0.05) is 24.9 Å². The monoisotopic (exact) mass is 338 g/mol. The molecule has 2 rings (SSSR count). The number of rotatable bonds is 7. The lowest BCUT2D eigenvalue weighted by atomic mass is 10.1. The van der Waals surface area contributed by atoms with Crippen LogP contribution in [0, 0.1) is 11.6 Å². The van der Waals surface area contributed by atoms with Crippen LogP contribution in [0.5, 0.6) is 0 Å². The van der Waals surface area contributed by atoms with Crippen molar-refractivity contribution in [3.05, 3.63) is 47.8 Å². The first-order chi connectivity index (χ1) is 11.5. The number of benzene rings is 1. The average Bonchev–Trinajstić information content (AvgIpc) is 2.96. The van der Waals surface area contributed by atoms with E-state index >= 15 is 0 Å². The Labute approximate surface area is 138 Å². The maximum Gasteiger partial charge on any atom is 0.319 e. The van der Waals surface area contributed by atoms with Crippen LogP contribution in [-0.2, 0) is 17.7 Å². The fourth-order valence-corrected chi connectivity index (χ4v) is 2.21. The van der Waals surface area contributed by atoms with Crippen molar-refractivity contribution in [2.24, 2.45) is 0 Å². The Bertz CT molecular complexity index is 670. The van der Waals surface area contributed by atoms with Crippen molar-refractivity contribution in [1.82, 2.24) is 15.1 Å². The summed E-state index contributed by atoms with van der Waals surface area (Å²) in [5, 5.41) is 9.33. The van der Waals surface area contributed by atoms with Gasteiger partial charge in [0.25, 0.3) is 0 Å². The Morgan fingerprint density at radius 1 is 1.38 bits per heavy atom. The number of halogens is 2. The molecule has 6 nitrogen and oxygen atoms in total. The minimum absolute atomic E-state index is 0.0438. The summed E-state index contributed by atoms with van der Waals surface area (Å²) in [5.41, 5.74) is 0.477. The minimum Gasteiger partial charge on any atom is -0.383 e. The SMILES string of the molecule is COCCn1cc(NC(=O)N[C@@H](C)Cc2c(F)cccc2F)cn1. The van der Waals surface area contributed by atoms with E-state index in [0.29, 0.717) is 18.8 Å². The third-order valence-electron chi connectivity index (χ3n) is 3.37. The lowest BCUT2D eigenvalue weighted by Gasteiger charge is -2.15. The molecule has 0 aliphatic carbocycles. The van der Waals surface area contributed by atoms with E-state index in [0.717, 1.165) is 0 Å². The molecular formula is C16H20F2N4O2. The van der Waals surface area contributed by atoms with Crippen LogP contribution in [0.25, 0.3) is 0 Å². The molecule has 24 heavy (non-hydrogen) atoms. The predicted octanol–water partition coefficient (Wildman–Crippen LogP) is 2.56. The molecule has 0 saturated heterocycles. The van der Waals surface area contributed by atoms with Gasteiger partial charge in [-0.05, 0) is 25.5 Å². The summed E-state index contributed by atoms with van der Waals surface area (Å²) < 4.78 is 33.8. The second-order valence-corrected chi connectivity index (χ2v) is 5.39. The van der Waals surface area contributed by atoms with E-state index in [1.807, 2.05) is 0 Å². The zero-order valence-corrected chi connectivity index (χ0v) is 13.6. The molecule has 2 aromatic rings. The molecule has 130 valence electrons. The number of carbonyl (C=O) groups excluding carboxylic acids is 1. The molecule has 0 radical (unpaired) electrons. The fraction of sp³-hybridized carbons (Fsp3) is 0.375. The number of hydrogen-bond acceptors (Lipinski definition) is 3. The van der Waals surface area contributed by atoms with E-state index in [-0.39, 0.29) is 12.0 Å². The van der Waals surface area contributed by atoms with Gasteiger partial charge < -0.3 is 15.4 Å². The molecule has 1 aromatic heterocycles. The van der Waals surface area contributed by atoms with Crippen LogP contribution in [0.2, 0.25) is 0 Å². The Balaban J connectivity index is 1.86. The van der Waals surface area contributed by atoms with Gasteiger partial charge in [-0.15, -0.1) is 0 Å². The highest BCUT2D eigenvalue weighted by atomic mass is 19.1. The number of urea groups is 1. The molecule has 8 heteroatoms. The molecule has 0 bridgehead atoms. The van der Waals surface area contributed by atoms with Crippen molar-refractivity contribution in [1.29, 1.82) is 0 Å². The van der Waals surface area contributed by atoms with Crippen LogP contribution in [0.1, 0.15) is 12.5 Å². The van der Waals surface area contributed by atoms with E-state index in [9.17, 15) is 13.6 Å². The van der Waals surface area contributed by atoms with Crippen molar-refractivity contribution in [3.8, 4) is 0 Å². The number of carbonyl (C=O) groups is 1. The summed E-state index contributed by atoms with van der Waals surface area (Å²) in [7, 11) is 1.59. The van der Waals surface area contributed by atoms with Gasteiger partial charge in [-0.25, -0.2) is 13.6 Å². The molecule has 0 spiro atoms. The van der Waals surface area contributed by atoms with Crippen molar-refractivity contribution >= 4 is 11.7 Å². The Hall–Kier alpha value is -2.48. The van der Waals surface area contributed by atoms with Gasteiger partial charge in [-0.2, -0.15) is 5.10 Å². The number of nitrogens with zero attached hydrogens (tertiary/aromatic N) is 2. The second-order valence-electron chi connectivity index (χ2n) is 5.39. The first-order valence-electron chi connectivity index (χ1n) is 7.51. The van der Waals surface area contributed by atoms with Crippen molar-refractivity contribution in [2.45, 2.75) is 25.9 Å². The fourth-order valence-electron chi connectivity index (χ4n) is 2.21. The van der Waals surface area contributed by atoms with Crippen LogP contribution in [0.3, 0.4) is 0 Å². The van der Waals surface area contributed by atoms with Crippen LogP contribution >= 0.6 is 0 Å². The summed E-state index contributed by atoms with van der Waals surface area (Å²) in [6.45, 7) is 2.76. The van der Waals surface area contributed by atoms with E-state index in [1.165, 1.54) is 24.4 Å². The summed E-state index contributed by atoms with van der Waals surface area (Å²) in [5.74, 6) is -1.24. The zero-order valence-electron chi connectivity index (χ0n) is 13.6. The molecular weight excluding hydrogens is 318 g/mol. The quantitative estimate of drug-likeness (QED) is 0.815. The van der Waals surface area contributed by atoms with E-state index in [2.05, 4.69) is 15.7 Å². The highest BCUT2D eigenvalue weighted by Crippen LogP contribution is 2.14. The van der Waals surface area contributed by atoms with Crippen molar-refractivity contribution in [3.63, 3.8) is 0 Å². The lowest BCUT2D eigenvalue weighted by molar-refractivity contribution is 0.183. The van der Waals surface area contributed by atoms with Gasteiger partial charge in [0.05, 0.1) is 25.0 Å². The summed E-state index contributed by atoms with van der Waals surface area (Å²) in [6, 6.07) is 2.78. The number of nitrogens with one attached hydrogen (secondary N) is 2. The predicted molar refractivity (Wildman–Crippen MR) is 85.8 cm³/mol. The zero-order chi connectivity index (χ0) is 17.5. The van der Waals surface area contributed by atoms with Crippen LogP contribution < -0.4 is 10.6 Å². The maximum atomic E-state index is 13.6. The molecule has 1 aromatic carbocycles. The smallest absolute Gasteiger partial charge is 0.319 e. The van der Waals surface area contributed by atoms with Crippen LogP contribution in [0.4, 0.5) is 19.3 Å². The van der Waals surface area contributed by atoms with Gasteiger partial charge in [0.1, 0.15) is 11.6 Å². The molecule has 0 fully saturated rings. The van der Waals surface area contributed by atoms with Crippen LogP contribution in [-0.4, -0.2) is 35.6 Å². The second kappa shape index (κ2) is 8.39. The molecule has 1 heterocycles. The van der Waals surface area contributed by atoms with Crippen molar-refractivity contribution in [2.75, 3.05) is 19.0 Å². The molecule has 0 saturated carbocycles. The summed E-state index contributed by atoms with van der Waals surface area (Å²) in [4.78, 5) is 11.9. The third-order valence-corrected chi connectivity index (χ3v) is 3.37. The Morgan fingerprint density at radius 2 is 2.08 bits per heavy atom. The van der Waals surface area contributed by atoms with Crippen molar-refractivity contribution < 1.29 is 18.3 Å². The number of aromatic nitrogens is 2. The standard InChI is InChI=1S/C16H20F2N4O2/c1-11(8-13-14(17)4-3-5-15(13)18)20-16(23)21-12-9-19-22(10-12)6-7-24-2/h3-5,9-11H,6-8H2,1-2H3,(H2,20,21,23)/t11-/m0/s1. The number of ether oxygens (including phenoxy) is 1. The normalized spacial score (nSPS) is 12.0. The first-order valence-corrected chi connectivity index (χ1v) is 7.51. The molecule has 0 aliphatic rings. The maximum absolute atomic E-state index is 13.6. The van der Waals surface area contributed by atoms with Gasteiger partial charge >= 0.3 is 6.03 Å². The Kier molecular flexibility index (Phi) is 6.25. The number of amides is 2. The van der Waals surface area contributed by atoms with Gasteiger partial charge in [-0.3, -0.25) is 4.68 Å². The molecule has 0 aliphatic heterocycles. The highest BCUT2D eigenvalue weighted by Gasteiger charge is 2.14. The third kappa shape index (κ3) is 5.02. The van der Waals surface area contributed by atoms with E-state index < -0.39 is 23.7 Å². The summed E-state index contributed by atoms with van der Waals surface area (Å²) in [6.07, 6.45) is 3.23. The highest BCUT2D eigenvalue weighted by molar-refractivity contribution is 5.89. The number of methoxy groups -OCH3 is 1. The van der Waals surface area contributed by atoms with Gasteiger partial charge in [0.15, 0.2) is 0 Å². The molecule has 1 atom stereocenters. The van der Waals surface area contributed by atoms with E-state index in [4.69, 9.17) is 4.74 Å². The largest absolute Gasteiger partial charge is 0.383 e. The number of hydrogen-bond donors (Lipinski definition) is 2. The minimum atomic E-state index is -0.622. The van der Waals surface area contributed by atoms with Gasteiger partial charge in [-0.1, -0.05) is 6.07 Å². The molecule has 2 amide bonds. The average molecular weight is 338 g/mol. The number of anilines is 1. The van der Waals surface area contributed by atoms with E-state index in [1.54, 1.807) is 24.9 Å². The van der Waals surface area contributed by atoms with Gasteiger partial charge in [0.2, 0.25) is 0 Å². The summed E-state index contributed by atoms with van der Waals surface area (Å²) >= 11 is 0.